The molecule has 4 N–H and O–H groups in total. The van der Waals surface area contributed by atoms with Crippen molar-refractivity contribution in [1.29, 1.82) is 5.41 Å². The number of hydrogen-bond donors (Lipinski definition) is 3. The first-order valence-electron chi connectivity index (χ1n) is 6.13. The van der Waals surface area contributed by atoms with Crippen molar-refractivity contribution >= 4 is 17.9 Å². The lowest BCUT2D eigenvalue weighted by molar-refractivity contribution is -0.264. The topological polar surface area (TPSA) is 100 Å². The first-order valence-corrected chi connectivity index (χ1v) is 6.13. The van der Waals surface area contributed by atoms with Crippen LogP contribution in [0, 0.1) is 5.41 Å². The number of aromatic amines is 1. The van der Waals surface area contributed by atoms with Crippen molar-refractivity contribution in [2.24, 2.45) is 10.7 Å². The van der Waals surface area contributed by atoms with Gasteiger partial charge < -0.3 is 20.9 Å². The van der Waals surface area contributed by atoms with Gasteiger partial charge in [0.2, 0.25) is 5.95 Å². The van der Waals surface area contributed by atoms with Crippen LogP contribution in [0.1, 0.15) is 32.5 Å². The molecule has 0 radical (unpaired) electrons. The standard InChI is InChI=1S/C12H18F3N5O/c1-7(16)4-18-10-19-5-9(20-10)8(17)6-21-11(2,3)12(13,14)15/h4-5,8,16H,6,17H2,1-3H3,(H,19,20)/b16-7?,18-4-. The Kier molecular flexibility index (Phi) is 5.24. The van der Waals surface area contributed by atoms with Crippen molar-refractivity contribution in [2.45, 2.75) is 38.6 Å². The van der Waals surface area contributed by atoms with E-state index in [1.54, 1.807) is 6.92 Å². The summed E-state index contributed by atoms with van der Waals surface area (Å²) < 4.78 is 42.8. The molecule has 1 unspecified atom stereocenters. The number of H-pyrrole nitrogens is 1. The van der Waals surface area contributed by atoms with Crippen LogP contribution in [0.25, 0.3) is 0 Å². The molecule has 0 aliphatic heterocycles. The zero-order chi connectivity index (χ0) is 16.3. The molecule has 0 amide bonds. The molecule has 0 aliphatic rings. The Balaban J connectivity index is 2.65. The molecule has 0 spiro atoms. The second-order valence-electron chi connectivity index (χ2n) is 5.03. The maximum absolute atomic E-state index is 12.6. The molecule has 0 aromatic carbocycles. The van der Waals surface area contributed by atoms with Gasteiger partial charge in [0.25, 0.3) is 0 Å². The van der Waals surface area contributed by atoms with Crippen LogP contribution in [0.5, 0.6) is 0 Å². The highest BCUT2D eigenvalue weighted by atomic mass is 19.4. The van der Waals surface area contributed by atoms with E-state index in [0.29, 0.717) is 5.69 Å². The Morgan fingerprint density at radius 3 is 2.71 bits per heavy atom. The van der Waals surface area contributed by atoms with E-state index < -0.39 is 17.8 Å². The molecule has 1 aromatic rings. The second-order valence-corrected chi connectivity index (χ2v) is 5.03. The fourth-order valence-corrected chi connectivity index (χ4v) is 1.21. The zero-order valence-corrected chi connectivity index (χ0v) is 12.0. The molecule has 21 heavy (non-hydrogen) atoms. The van der Waals surface area contributed by atoms with Gasteiger partial charge in [-0.25, -0.2) is 9.98 Å². The van der Waals surface area contributed by atoms with Crippen molar-refractivity contribution in [1.82, 2.24) is 9.97 Å². The minimum absolute atomic E-state index is 0.224. The second kappa shape index (κ2) is 6.35. The number of nitrogens with two attached hydrogens (primary N) is 1. The monoisotopic (exact) mass is 305 g/mol. The molecule has 0 bridgehead atoms. The Morgan fingerprint density at radius 1 is 1.57 bits per heavy atom. The fourth-order valence-electron chi connectivity index (χ4n) is 1.21. The molecule has 1 rings (SSSR count). The van der Waals surface area contributed by atoms with E-state index in [1.807, 2.05) is 0 Å². The quantitative estimate of drug-likeness (QED) is 0.704. The largest absolute Gasteiger partial charge is 0.416 e. The van der Waals surface area contributed by atoms with E-state index in [4.69, 9.17) is 15.9 Å². The number of nitrogens with zero attached hydrogens (tertiary/aromatic N) is 2. The molecule has 0 saturated heterocycles. The number of nitrogens with one attached hydrogen (secondary N) is 2. The molecular formula is C12H18F3N5O. The Hall–Kier alpha value is -1.74. The van der Waals surface area contributed by atoms with Crippen molar-refractivity contribution in [3.8, 4) is 0 Å². The number of rotatable bonds is 6. The molecule has 0 aliphatic carbocycles. The third-order valence-corrected chi connectivity index (χ3v) is 2.67. The SMILES string of the molecule is CC(=N)/C=N\c1ncc(C(N)COC(C)(C)C(F)(F)F)[nH]1. The number of hydrogen-bond acceptors (Lipinski definition) is 5. The van der Waals surface area contributed by atoms with Gasteiger partial charge in [-0.15, -0.1) is 0 Å². The van der Waals surface area contributed by atoms with Gasteiger partial charge in [-0.05, 0) is 20.8 Å². The van der Waals surface area contributed by atoms with Crippen LogP contribution in [0.2, 0.25) is 0 Å². The summed E-state index contributed by atoms with van der Waals surface area (Å²) in [6.07, 6.45) is -1.81. The molecule has 9 heteroatoms. The molecular weight excluding hydrogens is 287 g/mol. The van der Waals surface area contributed by atoms with E-state index in [1.165, 1.54) is 12.4 Å². The summed E-state index contributed by atoms with van der Waals surface area (Å²) in [5, 5.41) is 7.19. The van der Waals surface area contributed by atoms with Crippen LogP contribution in [-0.4, -0.2) is 40.3 Å². The lowest BCUT2D eigenvalue weighted by atomic mass is 10.1. The predicted molar refractivity (Wildman–Crippen MR) is 73.2 cm³/mol. The van der Waals surface area contributed by atoms with E-state index in [2.05, 4.69) is 15.0 Å². The van der Waals surface area contributed by atoms with Gasteiger partial charge in [-0.1, -0.05) is 0 Å². The first kappa shape index (κ1) is 17.3. The van der Waals surface area contributed by atoms with Gasteiger partial charge in [0, 0.05) is 5.71 Å². The van der Waals surface area contributed by atoms with Crippen molar-refractivity contribution < 1.29 is 17.9 Å². The number of aliphatic imine (C=N–C) groups is 1. The van der Waals surface area contributed by atoms with E-state index in [9.17, 15) is 13.2 Å². The molecule has 118 valence electrons. The maximum atomic E-state index is 12.6. The summed E-state index contributed by atoms with van der Waals surface area (Å²) in [4.78, 5) is 10.5. The van der Waals surface area contributed by atoms with Crippen LogP contribution < -0.4 is 5.73 Å². The highest BCUT2D eigenvalue weighted by Crippen LogP contribution is 2.33. The summed E-state index contributed by atoms with van der Waals surface area (Å²) >= 11 is 0. The average molecular weight is 305 g/mol. The van der Waals surface area contributed by atoms with Gasteiger partial charge in [-0.3, -0.25) is 0 Å². The zero-order valence-electron chi connectivity index (χ0n) is 12.0. The van der Waals surface area contributed by atoms with Crippen molar-refractivity contribution in [2.75, 3.05) is 6.61 Å². The summed E-state index contributed by atoms with van der Waals surface area (Å²) in [7, 11) is 0. The third kappa shape index (κ3) is 4.94. The van der Waals surface area contributed by atoms with E-state index in [-0.39, 0.29) is 18.3 Å². The predicted octanol–water partition coefficient (Wildman–Crippen LogP) is 2.51. The number of imidazole rings is 1. The van der Waals surface area contributed by atoms with Gasteiger partial charge in [0.05, 0.1) is 30.8 Å². The van der Waals surface area contributed by atoms with Crippen molar-refractivity contribution in [3.05, 3.63) is 11.9 Å². The summed E-state index contributed by atoms with van der Waals surface area (Å²) in [5.74, 6) is 0.224. The van der Waals surface area contributed by atoms with Gasteiger partial charge >= 0.3 is 6.18 Å². The van der Waals surface area contributed by atoms with Crippen LogP contribution >= 0.6 is 0 Å². The van der Waals surface area contributed by atoms with Crippen LogP contribution in [0.15, 0.2) is 11.2 Å². The van der Waals surface area contributed by atoms with Gasteiger partial charge in [0.15, 0.2) is 5.60 Å². The van der Waals surface area contributed by atoms with Crippen molar-refractivity contribution in [3.63, 3.8) is 0 Å². The smallest absolute Gasteiger partial charge is 0.364 e. The maximum Gasteiger partial charge on any atom is 0.416 e. The summed E-state index contributed by atoms with van der Waals surface area (Å²) in [5.41, 5.74) is 4.13. The molecule has 0 fully saturated rings. The number of aromatic nitrogens is 2. The highest BCUT2D eigenvalue weighted by molar-refractivity contribution is 6.28. The normalized spacial score (nSPS) is 14.6. The summed E-state index contributed by atoms with van der Waals surface area (Å²) in [6, 6.07) is -0.788. The van der Waals surface area contributed by atoms with Crippen LogP contribution in [0.4, 0.5) is 19.1 Å². The molecule has 6 nitrogen and oxygen atoms in total. The van der Waals surface area contributed by atoms with Crippen LogP contribution in [0.3, 0.4) is 0 Å². The molecule has 0 saturated carbocycles. The third-order valence-electron chi connectivity index (χ3n) is 2.67. The minimum atomic E-state index is -4.47. The molecule has 1 aromatic heterocycles. The highest BCUT2D eigenvalue weighted by Gasteiger charge is 2.48. The average Bonchev–Trinajstić information content (AvgIpc) is 2.81. The lowest BCUT2D eigenvalue weighted by Crippen LogP contribution is -2.43. The first-order chi connectivity index (χ1) is 9.53. The molecule has 1 atom stereocenters. The Morgan fingerprint density at radius 2 is 2.19 bits per heavy atom. The summed E-state index contributed by atoms with van der Waals surface area (Å²) in [6.45, 7) is 3.11. The number of ether oxygens (including phenoxy) is 1. The van der Waals surface area contributed by atoms with Crippen LogP contribution in [-0.2, 0) is 4.74 Å². The lowest BCUT2D eigenvalue weighted by Gasteiger charge is -2.29. The minimum Gasteiger partial charge on any atom is -0.364 e. The van der Waals surface area contributed by atoms with E-state index in [0.717, 1.165) is 13.8 Å². The van der Waals surface area contributed by atoms with E-state index >= 15 is 0 Å². The van der Waals surface area contributed by atoms with Gasteiger partial charge in [0.1, 0.15) is 0 Å². The fraction of sp³-hybridized carbons (Fsp3) is 0.583. The Labute approximate surface area is 120 Å². The number of halogens is 3. The molecule has 1 heterocycles. The van der Waals surface area contributed by atoms with Gasteiger partial charge in [-0.2, -0.15) is 13.2 Å². The number of alkyl halides is 3. The Bertz CT molecular complexity index is 521.